The van der Waals surface area contributed by atoms with Crippen LogP contribution in [0.1, 0.15) is 40.8 Å². The highest BCUT2D eigenvalue weighted by molar-refractivity contribution is 14.0. The van der Waals surface area contributed by atoms with Gasteiger partial charge < -0.3 is 10.6 Å². The molecular formula is C21H32IN5S. The Morgan fingerprint density at radius 1 is 1.21 bits per heavy atom. The summed E-state index contributed by atoms with van der Waals surface area (Å²) in [5, 5.41) is 7.77. The number of aliphatic imine (C=N–C) groups is 1. The Labute approximate surface area is 190 Å². The van der Waals surface area contributed by atoms with E-state index in [1.54, 1.807) is 18.4 Å². The van der Waals surface area contributed by atoms with Gasteiger partial charge >= 0.3 is 0 Å². The summed E-state index contributed by atoms with van der Waals surface area (Å²) >= 11 is 1.71. The fourth-order valence-corrected chi connectivity index (χ4v) is 4.23. The van der Waals surface area contributed by atoms with E-state index in [4.69, 9.17) is 0 Å². The lowest BCUT2D eigenvalue weighted by molar-refractivity contribution is 0.176. The van der Waals surface area contributed by atoms with Crippen LogP contribution in [-0.2, 0) is 19.6 Å². The van der Waals surface area contributed by atoms with Gasteiger partial charge in [-0.15, -0.1) is 35.3 Å². The maximum atomic E-state index is 4.37. The molecule has 0 bridgehead atoms. The molecule has 1 saturated heterocycles. The zero-order chi connectivity index (χ0) is 19.1. The van der Waals surface area contributed by atoms with Crippen LogP contribution in [0.25, 0.3) is 0 Å². The molecule has 7 heteroatoms. The number of nitrogens with zero attached hydrogens (tertiary/aromatic N) is 3. The second kappa shape index (κ2) is 11.7. The molecular weight excluding hydrogens is 481 g/mol. The van der Waals surface area contributed by atoms with Crippen LogP contribution >= 0.6 is 35.3 Å². The summed E-state index contributed by atoms with van der Waals surface area (Å²) in [4.78, 5) is 12.5. The molecule has 154 valence electrons. The molecule has 1 aromatic carbocycles. The lowest BCUT2D eigenvalue weighted by atomic mass is 9.99. The van der Waals surface area contributed by atoms with Gasteiger partial charge in [0.15, 0.2) is 5.96 Å². The van der Waals surface area contributed by atoms with Gasteiger partial charge in [-0.25, -0.2) is 4.98 Å². The van der Waals surface area contributed by atoms with E-state index in [0.29, 0.717) is 6.54 Å². The van der Waals surface area contributed by atoms with Gasteiger partial charge in [0, 0.05) is 37.8 Å². The molecule has 5 nitrogen and oxygen atoms in total. The summed E-state index contributed by atoms with van der Waals surface area (Å²) in [6.07, 6.45) is 4.61. The Balaban J connectivity index is 0.00000280. The number of aryl methyl sites for hydroxylation is 1. The zero-order valence-electron chi connectivity index (χ0n) is 17.1. The first-order valence-electron chi connectivity index (χ1n) is 9.78. The highest BCUT2D eigenvalue weighted by atomic mass is 127. The van der Waals surface area contributed by atoms with Crippen LogP contribution < -0.4 is 10.6 Å². The maximum Gasteiger partial charge on any atom is 0.191 e. The molecule has 0 amide bonds. The number of benzene rings is 1. The molecule has 0 spiro atoms. The smallest absolute Gasteiger partial charge is 0.191 e. The minimum absolute atomic E-state index is 0. The van der Waals surface area contributed by atoms with Crippen molar-refractivity contribution in [2.75, 3.05) is 20.1 Å². The van der Waals surface area contributed by atoms with Gasteiger partial charge in [-0.3, -0.25) is 9.89 Å². The Morgan fingerprint density at radius 3 is 2.57 bits per heavy atom. The van der Waals surface area contributed by atoms with E-state index >= 15 is 0 Å². The van der Waals surface area contributed by atoms with Crippen molar-refractivity contribution in [3.63, 3.8) is 0 Å². The zero-order valence-corrected chi connectivity index (χ0v) is 20.2. The molecule has 1 unspecified atom stereocenters. The third-order valence-corrected chi connectivity index (χ3v) is 5.84. The van der Waals surface area contributed by atoms with Crippen LogP contribution in [0, 0.1) is 12.8 Å². The summed E-state index contributed by atoms with van der Waals surface area (Å²) in [5.41, 5.74) is 2.66. The van der Waals surface area contributed by atoms with E-state index in [2.05, 4.69) is 63.6 Å². The predicted octanol–water partition coefficient (Wildman–Crippen LogP) is 4.17. The number of rotatable bonds is 6. The van der Waals surface area contributed by atoms with Gasteiger partial charge in [-0.2, -0.15) is 0 Å². The van der Waals surface area contributed by atoms with Crippen molar-refractivity contribution in [3.8, 4) is 0 Å². The number of aromatic nitrogens is 1. The average Bonchev–Trinajstić information content (AvgIpc) is 3.08. The van der Waals surface area contributed by atoms with E-state index in [1.807, 2.05) is 6.20 Å². The SMILES string of the molecule is CN=C(NCc1ccc(CN2CCCC(C)C2)cc1)NCc1ncc(C)s1.I. The Kier molecular flexibility index (Phi) is 9.67. The fraction of sp³-hybridized carbons (Fsp3) is 0.524. The Morgan fingerprint density at radius 2 is 1.93 bits per heavy atom. The van der Waals surface area contributed by atoms with Crippen molar-refractivity contribution in [1.29, 1.82) is 0 Å². The number of piperidine rings is 1. The van der Waals surface area contributed by atoms with Gasteiger partial charge in [0.05, 0.1) is 6.54 Å². The maximum absolute atomic E-state index is 4.37. The van der Waals surface area contributed by atoms with Gasteiger partial charge in [0.2, 0.25) is 0 Å². The normalized spacial score (nSPS) is 17.8. The molecule has 28 heavy (non-hydrogen) atoms. The first-order chi connectivity index (χ1) is 13.1. The topological polar surface area (TPSA) is 52.6 Å². The average molecular weight is 513 g/mol. The van der Waals surface area contributed by atoms with Gasteiger partial charge in [0.1, 0.15) is 5.01 Å². The highest BCUT2D eigenvalue weighted by Crippen LogP contribution is 2.18. The number of guanidine groups is 1. The van der Waals surface area contributed by atoms with Crippen LogP contribution in [0.4, 0.5) is 0 Å². The van der Waals surface area contributed by atoms with E-state index in [1.165, 1.54) is 41.9 Å². The lowest BCUT2D eigenvalue weighted by Gasteiger charge is -2.30. The van der Waals surface area contributed by atoms with Crippen molar-refractivity contribution in [1.82, 2.24) is 20.5 Å². The first kappa shape index (κ1) is 23.1. The van der Waals surface area contributed by atoms with E-state index in [-0.39, 0.29) is 24.0 Å². The van der Waals surface area contributed by atoms with E-state index in [9.17, 15) is 0 Å². The Hall–Kier alpha value is -1.19. The number of hydrogen-bond donors (Lipinski definition) is 2. The molecule has 0 saturated carbocycles. The molecule has 2 aromatic rings. The monoisotopic (exact) mass is 513 g/mol. The van der Waals surface area contributed by atoms with Gasteiger partial charge in [0.25, 0.3) is 0 Å². The molecule has 1 aromatic heterocycles. The molecule has 1 aliphatic rings. The number of thiazole rings is 1. The molecule has 2 N–H and O–H groups in total. The predicted molar refractivity (Wildman–Crippen MR) is 129 cm³/mol. The van der Waals surface area contributed by atoms with Crippen molar-refractivity contribution in [2.45, 2.75) is 46.3 Å². The van der Waals surface area contributed by atoms with Crippen LogP contribution in [0.5, 0.6) is 0 Å². The van der Waals surface area contributed by atoms with Gasteiger partial charge in [-0.1, -0.05) is 31.2 Å². The van der Waals surface area contributed by atoms with Crippen LogP contribution in [-0.4, -0.2) is 36.0 Å². The Bertz CT molecular complexity index is 744. The molecule has 3 rings (SSSR count). The van der Waals surface area contributed by atoms with Gasteiger partial charge in [-0.05, 0) is 43.4 Å². The number of hydrogen-bond acceptors (Lipinski definition) is 4. The summed E-state index contributed by atoms with van der Waals surface area (Å²) in [5.74, 6) is 1.63. The van der Waals surface area contributed by atoms with Crippen molar-refractivity contribution >= 4 is 41.3 Å². The fourth-order valence-electron chi connectivity index (χ4n) is 3.50. The quantitative estimate of drug-likeness (QED) is 0.346. The summed E-state index contributed by atoms with van der Waals surface area (Å²) in [7, 11) is 1.80. The largest absolute Gasteiger partial charge is 0.352 e. The lowest BCUT2D eigenvalue weighted by Crippen LogP contribution is -2.36. The molecule has 1 aliphatic heterocycles. The van der Waals surface area contributed by atoms with Crippen molar-refractivity contribution in [3.05, 3.63) is 51.5 Å². The molecule has 0 radical (unpaired) electrons. The van der Waals surface area contributed by atoms with Crippen LogP contribution in [0.15, 0.2) is 35.5 Å². The van der Waals surface area contributed by atoms with Crippen LogP contribution in [0.2, 0.25) is 0 Å². The van der Waals surface area contributed by atoms with Crippen molar-refractivity contribution < 1.29 is 0 Å². The minimum Gasteiger partial charge on any atom is -0.352 e. The molecule has 1 fully saturated rings. The first-order valence-corrected chi connectivity index (χ1v) is 10.6. The summed E-state index contributed by atoms with van der Waals surface area (Å²) in [6, 6.07) is 8.94. The molecule has 0 aliphatic carbocycles. The molecule has 2 heterocycles. The highest BCUT2D eigenvalue weighted by Gasteiger charge is 2.16. The molecule has 1 atom stereocenters. The van der Waals surface area contributed by atoms with E-state index < -0.39 is 0 Å². The number of likely N-dealkylation sites (tertiary alicyclic amines) is 1. The van der Waals surface area contributed by atoms with E-state index in [0.717, 1.165) is 30.0 Å². The minimum atomic E-state index is 0. The second-order valence-electron chi connectivity index (χ2n) is 7.44. The summed E-state index contributed by atoms with van der Waals surface area (Å²) < 4.78 is 0. The van der Waals surface area contributed by atoms with Crippen LogP contribution in [0.3, 0.4) is 0 Å². The third kappa shape index (κ3) is 7.33. The standard InChI is InChI=1S/C21H31N5S.HI/c1-16-5-4-10-26(14-16)15-19-8-6-18(7-9-19)12-24-21(22-3)25-13-20-23-11-17(2)27-20;/h6-9,11,16H,4-5,10,12-15H2,1-3H3,(H2,22,24,25);1H. The van der Waals surface area contributed by atoms with Crippen molar-refractivity contribution in [2.24, 2.45) is 10.9 Å². The number of nitrogens with one attached hydrogen (secondary N) is 2. The number of halogens is 1. The second-order valence-corrected chi connectivity index (χ2v) is 8.76. The third-order valence-electron chi connectivity index (χ3n) is 4.93. The summed E-state index contributed by atoms with van der Waals surface area (Å²) in [6.45, 7) is 9.41.